The molecule has 31 heavy (non-hydrogen) atoms. The van der Waals surface area contributed by atoms with Gasteiger partial charge in [0.15, 0.2) is 0 Å². The minimum Gasteiger partial charge on any atom is -0.296 e. The van der Waals surface area contributed by atoms with Crippen LogP contribution in [0.3, 0.4) is 0 Å². The molecule has 1 heterocycles. The summed E-state index contributed by atoms with van der Waals surface area (Å²) in [4.78, 5) is 5.52. The first-order chi connectivity index (χ1) is 15.2. The van der Waals surface area contributed by atoms with Gasteiger partial charge in [0.1, 0.15) is 0 Å². The standard InChI is InChI=1S/C29H34N2/c1-24(27-15-9-4-10-16-27)30-20-17-28(23-30)29(18-19-29)31(21-25-11-5-2-6-12-25)22-26-13-7-3-8-14-26/h2-16,24,28H,17-23H2,1H3/t24-,28+/m0/s1. The summed E-state index contributed by atoms with van der Waals surface area (Å²) in [7, 11) is 0. The number of likely N-dealkylation sites (tertiary alicyclic amines) is 1. The van der Waals surface area contributed by atoms with Crippen LogP contribution in [0.2, 0.25) is 0 Å². The fourth-order valence-corrected chi connectivity index (χ4v) is 5.61. The van der Waals surface area contributed by atoms with Gasteiger partial charge in [-0.3, -0.25) is 9.80 Å². The van der Waals surface area contributed by atoms with E-state index in [-0.39, 0.29) is 0 Å². The Balaban J connectivity index is 1.35. The van der Waals surface area contributed by atoms with E-state index < -0.39 is 0 Å². The lowest BCUT2D eigenvalue weighted by Gasteiger charge is -2.37. The minimum absolute atomic E-state index is 0.358. The molecule has 0 radical (unpaired) electrons. The van der Waals surface area contributed by atoms with Gasteiger partial charge in [-0.2, -0.15) is 0 Å². The molecule has 3 aromatic carbocycles. The third-order valence-electron chi connectivity index (χ3n) is 7.63. The van der Waals surface area contributed by atoms with Crippen molar-refractivity contribution in [1.82, 2.24) is 9.80 Å². The normalized spacial score (nSPS) is 21.3. The second kappa shape index (κ2) is 8.98. The number of rotatable bonds is 8. The average molecular weight is 411 g/mol. The second-order valence-corrected chi connectivity index (χ2v) is 9.50. The van der Waals surface area contributed by atoms with Crippen LogP contribution in [-0.2, 0) is 13.1 Å². The summed E-state index contributed by atoms with van der Waals surface area (Å²) in [5, 5.41) is 0. The van der Waals surface area contributed by atoms with Crippen LogP contribution in [0.25, 0.3) is 0 Å². The summed E-state index contributed by atoms with van der Waals surface area (Å²) in [6.07, 6.45) is 3.99. The van der Waals surface area contributed by atoms with Crippen LogP contribution in [0, 0.1) is 5.92 Å². The monoisotopic (exact) mass is 410 g/mol. The molecular weight excluding hydrogens is 376 g/mol. The van der Waals surface area contributed by atoms with Crippen molar-refractivity contribution in [2.24, 2.45) is 5.92 Å². The molecule has 0 spiro atoms. The zero-order valence-corrected chi connectivity index (χ0v) is 18.7. The summed E-state index contributed by atoms with van der Waals surface area (Å²) in [6.45, 7) is 6.90. The van der Waals surface area contributed by atoms with Crippen LogP contribution in [-0.4, -0.2) is 28.4 Å². The number of nitrogens with zero attached hydrogens (tertiary/aromatic N) is 2. The molecular formula is C29H34N2. The lowest BCUT2D eigenvalue weighted by atomic mass is 9.93. The number of hydrogen-bond acceptors (Lipinski definition) is 2. The zero-order chi connectivity index (χ0) is 21.1. The van der Waals surface area contributed by atoms with E-state index >= 15 is 0 Å². The maximum Gasteiger partial charge on any atom is 0.0320 e. The largest absolute Gasteiger partial charge is 0.296 e. The maximum absolute atomic E-state index is 2.80. The average Bonchev–Trinajstić information content (AvgIpc) is 3.49. The Bertz CT molecular complexity index is 908. The first kappa shape index (κ1) is 20.5. The van der Waals surface area contributed by atoms with Crippen LogP contribution in [0.15, 0.2) is 91.0 Å². The topological polar surface area (TPSA) is 6.48 Å². The quantitative estimate of drug-likeness (QED) is 0.430. The van der Waals surface area contributed by atoms with E-state index in [4.69, 9.17) is 0 Å². The van der Waals surface area contributed by atoms with Crippen molar-refractivity contribution in [2.75, 3.05) is 13.1 Å². The van der Waals surface area contributed by atoms with Crippen LogP contribution >= 0.6 is 0 Å². The lowest BCUT2D eigenvalue weighted by molar-refractivity contribution is 0.100. The number of hydrogen-bond donors (Lipinski definition) is 0. The second-order valence-electron chi connectivity index (χ2n) is 9.50. The van der Waals surface area contributed by atoms with Crippen molar-refractivity contribution in [1.29, 1.82) is 0 Å². The molecule has 2 heteroatoms. The molecule has 2 fully saturated rings. The molecule has 1 aliphatic carbocycles. The van der Waals surface area contributed by atoms with Gasteiger partial charge in [0, 0.05) is 31.2 Å². The van der Waals surface area contributed by atoms with Gasteiger partial charge in [-0.25, -0.2) is 0 Å². The van der Waals surface area contributed by atoms with Gasteiger partial charge < -0.3 is 0 Å². The molecule has 1 saturated carbocycles. The molecule has 2 nitrogen and oxygen atoms in total. The van der Waals surface area contributed by atoms with Crippen LogP contribution < -0.4 is 0 Å². The Kier molecular flexibility index (Phi) is 5.93. The van der Waals surface area contributed by atoms with Gasteiger partial charge in [0.25, 0.3) is 0 Å². The van der Waals surface area contributed by atoms with E-state index in [0.29, 0.717) is 11.6 Å². The van der Waals surface area contributed by atoms with Gasteiger partial charge in [-0.05, 0) is 55.3 Å². The molecule has 160 valence electrons. The van der Waals surface area contributed by atoms with Crippen molar-refractivity contribution in [2.45, 2.75) is 50.9 Å². The Labute approximate surface area is 187 Å². The third kappa shape index (κ3) is 4.46. The highest BCUT2D eigenvalue weighted by Gasteiger charge is 2.55. The summed E-state index contributed by atoms with van der Waals surface area (Å²) in [5.74, 6) is 0.756. The molecule has 0 N–H and O–H groups in total. The summed E-state index contributed by atoms with van der Waals surface area (Å²) < 4.78 is 0. The number of benzene rings is 3. The molecule has 2 aliphatic rings. The molecule has 3 aromatic rings. The zero-order valence-electron chi connectivity index (χ0n) is 18.7. The first-order valence-electron chi connectivity index (χ1n) is 11.9. The third-order valence-corrected chi connectivity index (χ3v) is 7.63. The Morgan fingerprint density at radius 2 is 1.32 bits per heavy atom. The smallest absolute Gasteiger partial charge is 0.0320 e. The molecule has 2 atom stereocenters. The summed E-state index contributed by atoms with van der Waals surface area (Å²) in [5.41, 5.74) is 4.66. The Morgan fingerprint density at radius 1 is 0.806 bits per heavy atom. The first-order valence-corrected chi connectivity index (χ1v) is 11.9. The highest BCUT2D eigenvalue weighted by molar-refractivity contribution is 5.22. The molecule has 5 rings (SSSR count). The highest BCUT2D eigenvalue weighted by Crippen LogP contribution is 2.52. The molecule has 0 unspecified atom stereocenters. The predicted octanol–water partition coefficient (Wildman–Crippen LogP) is 6.30. The lowest BCUT2D eigenvalue weighted by Crippen LogP contribution is -2.43. The predicted molar refractivity (Wildman–Crippen MR) is 129 cm³/mol. The minimum atomic E-state index is 0.358. The maximum atomic E-state index is 2.80. The van der Waals surface area contributed by atoms with Crippen LogP contribution in [0.4, 0.5) is 0 Å². The Hall–Kier alpha value is -2.42. The van der Waals surface area contributed by atoms with E-state index in [1.54, 1.807) is 0 Å². The van der Waals surface area contributed by atoms with Gasteiger partial charge in [0.2, 0.25) is 0 Å². The molecule has 1 aliphatic heterocycles. The van der Waals surface area contributed by atoms with Crippen molar-refractivity contribution >= 4 is 0 Å². The van der Waals surface area contributed by atoms with E-state index in [2.05, 4.69) is 108 Å². The van der Waals surface area contributed by atoms with E-state index in [1.807, 2.05) is 0 Å². The van der Waals surface area contributed by atoms with Crippen LogP contribution in [0.5, 0.6) is 0 Å². The Morgan fingerprint density at radius 3 is 1.84 bits per heavy atom. The van der Waals surface area contributed by atoms with Crippen molar-refractivity contribution in [3.05, 3.63) is 108 Å². The van der Waals surface area contributed by atoms with Gasteiger partial charge >= 0.3 is 0 Å². The van der Waals surface area contributed by atoms with E-state index in [9.17, 15) is 0 Å². The molecule has 0 aromatic heterocycles. The van der Waals surface area contributed by atoms with Crippen molar-refractivity contribution in [3.8, 4) is 0 Å². The van der Waals surface area contributed by atoms with E-state index in [1.165, 1.54) is 49.0 Å². The van der Waals surface area contributed by atoms with Crippen molar-refractivity contribution < 1.29 is 0 Å². The highest BCUT2D eigenvalue weighted by atomic mass is 15.3. The van der Waals surface area contributed by atoms with Crippen LogP contribution in [0.1, 0.15) is 48.9 Å². The van der Waals surface area contributed by atoms with E-state index in [0.717, 1.165) is 19.0 Å². The fourth-order valence-electron chi connectivity index (χ4n) is 5.61. The van der Waals surface area contributed by atoms with Gasteiger partial charge in [-0.15, -0.1) is 0 Å². The molecule has 0 amide bonds. The van der Waals surface area contributed by atoms with Crippen molar-refractivity contribution in [3.63, 3.8) is 0 Å². The van der Waals surface area contributed by atoms with Gasteiger partial charge in [0.05, 0.1) is 0 Å². The summed E-state index contributed by atoms with van der Waals surface area (Å²) in [6, 6.07) is 33.6. The summed E-state index contributed by atoms with van der Waals surface area (Å²) >= 11 is 0. The van der Waals surface area contributed by atoms with Gasteiger partial charge in [-0.1, -0.05) is 91.0 Å². The molecule has 0 bridgehead atoms. The molecule has 1 saturated heterocycles. The SMILES string of the molecule is C[C@@H](c1ccccc1)N1CC[C@@H](C2(N(Cc3ccccc3)Cc3ccccc3)CC2)C1. The fraction of sp³-hybridized carbons (Fsp3) is 0.379.